The van der Waals surface area contributed by atoms with Crippen LogP contribution >= 0.6 is 22.7 Å². The maximum absolute atomic E-state index is 11.8. The molecule has 0 bridgehead atoms. The number of esters is 1. The monoisotopic (exact) mass is 324 g/mol. The van der Waals surface area contributed by atoms with Gasteiger partial charge in [0, 0.05) is 29.4 Å². The number of methoxy groups -OCH3 is 1. The molecule has 7 heteroatoms. The van der Waals surface area contributed by atoms with Gasteiger partial charge in [-0.1, -0.05) is 0 Å². The largest absolute Gasteiger partial charge is 0.468 e. The van der Waals surface area contributed by atoms with E-state index < -0.39 is 0 Å². The molecule has 0 amide bonds. The number of nitrogens with zero attached hydrogens (tertiary/aromatic N) is 2. The smallest absolute Gasteiger partial charge is 0.325 e. The highest BCUT2D eigenvalue weighted by Gasteiger charge is 2.30. The topological polar surface area (TPSA) is 51.7 Å². The van der Waals surface area contributed by atoms with E-state index in [1.54, 1.807) is 22.7 Å². The molecule has 112 valence electrons. The third kappa shape index (κ3) is 3.32. The summed E-state index contributed by atoms with van der Waals surface area (Å²) in [6, 6.07) is 1.73. The molecule has 1 aliphatic rings. The minimum atomic E-state index is -0.338. The number of ether oxygens (including phenoxy) is 2. The van der Waals surface area contributed by atoms with Gasteiger partial charge in [0.15, 0.2) is 0 Å². The van der Waals surface area contributed by atoms with Crippen molar-refractivity contribution in [1.29, 1.82) is 0 Å². The lowest BCUT2D eigenvalue weighted by Crippen LogP contribution is -2.49. The molecule has 0 aliphatic carbocycles. The minimum Gasteiger partial charge on any atom is -0.468 e. The van der Waals surface area contributed by atoms with Crippen LogP contribution in [-0.4, -0.2) is 48.8 Å². The van der Waals surface area contributed by atoms with Gasteiger partial charge in [0.05, 0.1) is 26.0 Å². The van der Waals surface area contributed by atoms with Crippen molar-refractivity contribution in [2.24, 2.45) is 0 Å². The predicted molar refractivity (Wildman–Crippen MR) is 82.5 cm³/mol. The Morgan fingerprint density at radius 1 is 1.57 bits per heavy atom. The Bertz CT molecular complexity index is 597. The van der Waals surface area contributed by atoms with Crippen LogP contribution in [0.4, 0.5) is 0 Å². The summed E-state index contributed by atoms with van der Waals surface area (Å²) in [5, 5.41) is 7.21. The summed E-state index contributed by atoms with van der Waals surface area (Å²) in [5.74, 6) is -0.247. The normalized spacial score (nSPS) is 19.6. The molecule has 0 spiro atoms. The highest BCUT2D eigenvalue weighted by atomic mass is 32.1. The van der Waals surface area contributed by atoms with Gasteiger partial charge in [-0.3, -0.25) is 9.69 Å². The SMILES string of the molecule is COC(=O)C1COCCN1Cc1csc(-c2ccsc2)n1. The van der Waals surface area contributed by atoms with Crippen molar-refractivity contribution in [2.75, 3.05) is 26.9 Å². The van der Waals surface area contributed by atoms with Gasteiger partial charge in [0.2, 0.25) is 0 Å². The molecule has 3 rings (SSSR count). The minimum absolute atomic E-state index is 0.247. The second-order valence-electron chi connectivity index (χ2n) is 4.74. The van der Waals surface area contributed by atoms with E-state index in [4.69, 9.17) is 9.47 Å². The number of morpholine rings is 1. The van der Waals surface area contributed by atoms with Gasteiger partial charge < -0.3 is 9.47 Å². The molecule has 2 aromatic heterocycles. The van der Waals surface area contributed by atoms with Crippen molar-refractivity contribution in [3.63, 3.8) is 0 Å². The van der Waals surface area contributed by atoms with Gasteiger partial charge in [0.1, 0.15) is 11.0 Å². The van der Waals surface area contributed by atoms with Crippen LogP contribution in [0.5, 0.6) is 0 Å². The zero-order valence-corrected chi connectivity index (χ0v) is 13.3. The summed E-state index contributed by atoms with van der Waals surface area (Å²) in [6.07, 6.45) is 0. The number of thiophene rings is 1. The highest BCUT2D eigenvalue weighted by molar-refractivity contribution is 7.14. The van der Waals surface area contributed by atoms with Crippen molar-refractivity contribution in [1.82, 2.24) is 9.88 Å². The lowest BCUT2D eigenvalue weighted by molar-refractivity contribution is -0.153. The fourth-order valence-corrected chi connectivity index (χ4v) is 3.81. The fraction of sp³-hybridized carbons (Fsp3) is 0.429. The zero-order valence-electron chi connectivity index (χ0n) is 11.7. The van der Waals surface area contributed by atoms with E-state index in [-0.39, 0.29) is 12.0 Å². The Morgan fingerprint density at radius 3 is 3.24 bits per heavy atom. The van der Waals surface area contributed by atoms with Crippen molar-refractivity contribution >= 4 is 28.6 Å². The summed E-state index contributed by atoms with van der Waals surface area (Å²) < 4.78 is 10.2. The van der Waals surface area contributed by atoms with Crippen LogP contribution in [0, 0.1) is 0 Å². The summed E-state index contributed by atoms with van der Waals surface area (Å²) in [7, 11) is 1.41. The van der Waals surface area contributed by atoms with Crippen LogP contribution < -0.4 is 0 Å². The van der Waals surface area contributed by atoms with Gasteiger partial charge in [-0.2, -0.15) is 11.3 Å². The van der Waals surface area contributed by atoms with Crippen LogP contribution in [0.2, 0.25) is 0 Å². The number of rotatable bonds is 4. The maximum atomic E-state index is 11.8. The first-order valence-corrected chi connectivity index (χ1v) is 8.47. The third-order valence-corrected chi connectivity index (χ3v) is 5.02. The lowest BCUT2D eigenvalue weighted by Gasteiger charge is -2.32. The first kappa shape index (κ1) is 14.6. The summed E-state index contributed by atoms with van der Waals surface area (Å²) in [6.45, 7) is 2.37. The van der Waals surface area contributed by atoms with Crippen LogP contribution in [0.1, 0.15) is 5.69 Å². The van der Waals surface area contributed by atoms with Crippen molar-refractivity contribution in [2.45, 2.75) is 12.6 Å². The molecule has 0 saturated carbocycles. The molecule has 1 unspecified atom stereocenters. The molecular weight excluding hydrogens is 308 g/mol. The van der Waals surface area contributed by atoms with Gasteiger partial charge in [-0.15, -0.1) is 11.3 Å². The molecule has 3 heterocycles. The van der Waals surface area contributed by atoms with Gasteiger partial charge in [0.25, 0.3) is 0 Å². The first-order chi connectivity index (χ1) is 10.3. The van der Waals surface area contributed by atoms with E-state index >= 15 is 0 Å². The van der Waals surface area contributed by atoms with E-state index in [1.165, 1.54) is 7.11 Å². The first-order valence-electron chi connectivity index (χ1n) is 6.64. The van der Waals surface area contributed by atoms with Crippen LogP contribution in [0.25, 0.3) is 10.6 Å². The summed E-state index contributed by atoms with van der Waals surface area (Å²) >= 11 is 3.30. The average Bonchev–Trinajstić information content (AvgIpc) is 3.18. The average molecular weight is 324 g/mol. The molecule has 1 atom stereocenters. The van der Waals surface area contributed by atoms with Crippen LogP contribution in [0.15, 0.2) is 22.2 Å². The fourth-order valence-electron chi connectivity index (χ4n) is 2.29. The predicted octanol–water partition coefficient (Wildman–Crippen LogP) is 2.25. The number of carbonyl (C=O) groups excluding carboxylic acids is 1. The second kappa shape index (κ2) is 6.65. The van der Waals surface area contributed by atoms with Gasteiger partial charge >= 0.3 is 5.97 Å². The molecule has 21 heavy (non-hydrogen) atoms. The maximum Gasteiger partial charge on any atom is 0.325 e. The van der Waals surface area contributed by atoms with E-state index in [0.717, 1.165) is 16.3 Å². The molecule has 0 aromatic carbocycles. The van der Waals surface area contributed by atoms with E-state index in [9.17, 15) is 4.79 Å². The van der Waals surface area contributed by atoms with Crippen molar-refractivity contribution < 1.29 is 14.3 Å². The summed E-state index contributed by atoms with van der Waals surface area (Å²) in [5.41, 5.74) is 2.14. The Morgan fingerprint density at radius 2 is 2.48 bits per heavy atom. The quantitative estimate of drug-likeness (QED) is 0.808. The number of thiazole rings is 1. The Labute approximate surface area is 131 Å². The van der Waals surface area contributed by atoms with Crippen LogP contribution in [0.3, 0.4) is 0 Å². The number of hydrogen-bond acceptors (Lipinski definition) is 7. The Hall–Kier alpha value is -1.28. The van der Waals surface area contributed by atoms with E-state index in [2.05, 4.69) is 26.7 Å². The van der Waals surface area contributed by atoms with Gasteiger partial charge in [-0.25, -0.2) is 4.98 Å². The number of hydrogen-bond donors (Lipinski definition) is 0. The van der Waals surface area contributed by atoms with Gasteiger partial charge in [-0.05, 0) is 11.4 Å². The second-order valence-corrected chi connectivity index (χ2v) is 6.38. The Kier molecular flexibility index (Phi) is 4.64. The number of carbonyl (C=O) groups is 1. The molecular formula is C14H16N2O3S2. The Balaban J connectivity index is 1.71. The molecule has 0 radical (unpaired) electrons. The molecule has 5 nitrogen and oxygen atoms in total. The molecule has 1 saturated heterocycles. The third-order valence-electron chi connectivity index (χ3n) is 3.40. The molecule has 1 fully saturated rings. The van der Waals surface area contributed by atoms with E-state index in [1.807, 2.05) is 5.38 Å². The molecule has 1 aliphatic heterocycles. The highest BCUT2D eigenvalue weighted by Crippen LogP contribution is 2.26. The zero-order chi connectivity index (χ0) is 14.7. The lowest BCUT2D eigenvalue weighted by atomic mass is 10.2. The standard InChI is InChI=1S/C14H16N2O3S2/c1-18-14(17)12-7-19-4-3-16(12)6-11-9-21-13(15-11)10-2-5-20-8-10/h2,5,8-9,12H,3-4,6-7H2,1H3. The number of aromatic nitrogens is 1. The molecule has 0 N–H and O–H groups in total. The van der Waals surface area contributed by atoms with Crippen molar-refractivity contribution in [3.05, 3.63) is 27.9 Å². The van der Waals surface area contributed by atoms with Crippen LogP contribution in [-0.2, 0) is 20.8 Å². The van der Waals surface area contributed by atoms with E-state index in [0.29, 0.717) is 26.3 Å². The summed E-state index contributed by atoms with van der Waals surface area (Å²) in [4.78, 5) is 18.5. The molecule has 2 aromatic rings. The van der Waals surface area contributed by atoms with Crippen molar-refractivity contribution in [3.8, 4) is 10.6 Å².